The van der Waals surface area contributed by atoms with E-state index in [4.69, 9.17) is 0 Å². The third-order valence-corrected chi connectivity index (χ3v) is 3.85. The van der Waals surface area contributed by atoms with Crippen LogP contribution in [0.5, 0.6) is 0 Å². The van der Waals surface area contributed by atoms with Gasteiger partial charge in [-0.15, -0.1) is 0 Å². The summed E-state index contributed by atoms with van der Waals surface area (Å²) in [6, 6.07) is 9.51. The summed E-state index contributed by atoms with van der Waals surface area (Å²) in [5.41, 5.74) is -0.475. The Bertz CT molecular complexity index is 1010. The van der Waals surface area contributed by atoms with Gasteiger partial charge in [0, 0.05) is 12.2 Å². The second-order valence-electron chi connectivity index (χ2n) is 5.86. The zero-order valence-corrected chi connectivity index (χ0v) is 14.6. The molecule has 11 heteroatoms. The van der Waals surface area contributed by atoms with E-state index in [9.17, 15) is 27.7 Å². The molecule has 3 aromatic rings. The van der Waals surface area contributed by atoms with Gasteiger partial charge in [-0.3, -0.25) is 10.1 Å². The molecule has 0 saturated carbocycles. The van der Waals surface area contributed by atoms with Gasteiger partial charge in [-0.05, 0) is 42.0 Å². The van der Waals surface area contributed by atoms with Gasteiger partial charge in [0.05, 0.1) is 10.5 Å². The summed E-state index contributed by atoms with van der Waals surface area (Å²) in [5, 5.41) is 16.9. The van der Waals surface area contributed by atoms with Crippen LogP contribution in [0.1, 0.15) is 11.1 Å². The first-order chi connectivity index (χ1) is 13.7. The minimum absolute atomic E-state index is 0.0938. The van der Waals surface area contributed by atoms with E-state index in [2.05, 4.69) is 20.6 Å². The Morgan fingerprint density at radius 1 is 0.966 bits per heavy atom. The number of alkyl halides is 3. The Morgan fingerprint density at radius 2 is 1.59 bits per heavy atom. The predicted molar refractivity (Wildman–Crippen MR) is 97.1 cm³/mol. The summed E-state index contributed by atoms with van der Waals surface area (Å²) in [7, 11) is 0. The fourth-order valence-corrected chi connectivity index (χ4v) is 2.44. The van der Waals surface area contributed by atoms with Crippen LogP contribution in [0.2, 0.25) is 0 Å². The fraction of sp³-hybridized carbons (Fsp3) is 0.111. The lowest BCUT2D eigenvalue weighted by molar-refractivity contribution is -0.383. The molecule has 0 saturated heterocycles. The van der Waals surface area contributed by atoms with Gasteiger partial charge in [0.15, 0.2) is 0 Å². The van der Waals surface area contributed by atoms with Crippen molar-refractivity contribution in [2.75, 3.05) is 10.6 Å². The molecule has 0 aliphatic heterocycles. The maximum absolute atomic E-state index is 13.0. The number of hydrogen-bond acceptors (Lipinski definition) is 6. The highest BCUT2D eigenvalue weighted by Crippen LogP contribution is 2.33. The summed E-state index contributed by atoms with van der Waals surface area (Å²) >= 11 is 0. The predicted octanol–water partition coefficient (Wildman–Crippen LogP) is 4.90. The largest absolute Gasteiger partial charge is 0.416 e. The van der Waals surface area contributed by atoms with Crippen LogP contribution in [0.4, 0.5) is 40.6 Å². The Morgan fingerprint density at radius 3 is 2.17 bits per heavy atom. The molecule has 0 unspecified atom stereocenters. The van der Waals surface area contributed by atoms with Crippen LogP contribution in [0.15, 0.2) is 54.9 Å². The van der Waals surface area contributed by atoms with E-state index in [1.807, 2.05) is 0 Å². The van der Waals surface area contributed by atoms with Crippen LogP contribution in [0.3, 0.4) is 0 Å². The molecule has 2 N–H and O–H groups in total. The number of aromatic nitrogens is 2. The molecule has 0 spiro atoms. The standard InChI is InChI=1S/C18H13F4N5O2/c19-13-5-1-11(2-6-13)9-23-16-15(27(28)29)17(25-10-24-16)26-14-7-3-12(4-8-14)18(20,21)22/h1-8,10H,9H2,(H2,23,24,25,26). The van der Waals surface area contributed by atoms with Crippen molar-refractivity contribution in [3.8, 4) is 0 Å². The van der Waals surface area contributed by atoms with Crippen molar-refractivity contribution in [1.29, 1.82) is 0 Å². The number of anilines is 3. The molecule has 7 nitrogen and oxygen atoms in total. The Balaban J connectivity index is 1.82. The Kier molecular flexibility index (Phi) is 5.57. The van der Waals surface area contributed by atoms with E-state index in [1.165, 1.54) is 24.3 Å². The maximum atomic E-state index is 13.0. The van der Waals surface area contributed by atoms with Crippen LogP contribution in [-0.2, 0) is 12.7 Å². The van der Waals surface area contributed by atoms with E-state index < -0.39 is 28.2 Å². The molecule has 0 aliphatic rings. The number of halogens is 4. The molecule has 3 rings (SSSR count). The van der Waals surface area contributed by atoms with Crippen molar-refractivity contribution in [3.63, 3.8) is 0 Å². The summed E-state index contributed by atoms with van der Waals surface area (Å²) in [5.74, 6) is -0.695. The van der Waals surface area contributed by atoms with Crippen molar-refractivity contribution in [3.05, 3.63) is 81.9 Å². The molecule has 150 valence electrons. The van der Waals surface area contributed by atoms with Gasteiger partial charge in [-0.25, -0.2) is 14.4 Å². The van der Waals surface area contributed by atoms with Crippen LogP contribution >= 0.6 is 0 Å². The lowest BCUT2D eigenvalue weighted by Crippen LogP contribution is -2.08. The van der Waals surface area contributed by atoms with Crippen molar-refractivity contribution < 1.29 is 22.5 Å². The van der Waals surface area contributed by atoms with Crippen LogP contribution in [-0.4, -0.2) is 14.9 Å². The highest BCUT2D eigenvalue weighted by Gasteiger charge is 2.30. The molecule has 0 amide bonds. The molecular formula is C18H13F4N5O2. The summed E-state index contributed by atoms with van der Waals surface area (Å²) in [4.78, 5) is 18.5. The summed E-state index contributed by atoms with van der Waals surface area (Å²) in [6.45, 7) is 0.137. The molecule has 0 bridgehead atoms. The number of rotatable bonds is 6. The molecule has 29 heavy (non-hydrogen) atoms. The number of nitrogens with one attached hydrogen (secondary N) is 2. The molecule has 1 aromatic heterocycles. The quantitative estimate of drug-likeness (QED) is 0.343. The highest BCUT2D eigenvalue weighted by molar-refractivity contribution is 5.73. The number of benzene rings is 2. The zero-order chi connectivity index (χ0) is 21.0. The van der Waals surface area contributed by atoms with E-state index in [0.29, 0.717) is 5.56 Å². The van der Waals surface area contributed by atoms with Crippen molar-refractivity contribution in [2.45, 2.75) is 12.7 Å². The molecule has 0 aliphatic carbocycles. The second-order valence-corrected chi connectivity index (χ2v) is 5.86. The zero-order valence-electron chi connectivity index (χ0n) is 14.6. The van der Waals surface area contributed by atoms with Crippen LogP contribution in [0, 0.1) is 15.9 Å². The molecule has 0 fully saturated rings. The average molecular weight is 407 g/mol. The number of nitro groups is 1. The first-order valence-electron chi connectivity index (χ1n) is 8.16. The summed E-state index contributed by atoms with van der Waals surface area (Å²) in [6.07, 6.45) is -3.41. The maximum Gasteiger partial charge on any atom is 0.416 e. The van der Waals surface area contributed by atoms with Gasteiger partial charge in [0.1, 0.15) is 12.1 Å². The second kappa shape index (κ2) is 8.09. The smallest absolute Gasteiger partial charge is 0.360 e. The van der Waals surface area contributed by atoms with Gasteiger partial charge >= 0.3 is 11.9 Å². The van der Waals surface area contributed by atoms with Gasteiger partial charge in [0.2, 0.25) is 11.6 Å². The first-order valence-corrected chi connectivity index (χ1v) is 8.16. The van der Waals surface area contributed by atoms with Crippen LogP contribution in [0.25, 0.3) is 0 Å². The SMILES string of the molecule is O=[N+]([O-])c1c(NCc2ccc(F)cc2)ncnc1Nc1ccc(C(F)(F)F)cc1. The minimum atomic E-state index is -4.49. The molecule has 1 heterocycles. The normalized spacial score (nSPS) is 11.2. The topological polar surface area (TPSA) is 93.0 Å². The van der Waals surface area contributed by atoms with E-state index >= 15 is 0 Å². The first kappa shape index (κ1) is 20.0. The van der Waals surface area contributed by atoms with Gasteiger partial charge < -0.3 is 10.6 Å². The summed E-state index contributed by atoms with van der Waals surface area (Å²) < 4.78 is 50.9. The Labute approximate surface area is 161 Å². The Hall–Kier alpha value is -3.76. The van der Waals surface area contributed by atoms with Gasteiger partial charge in [-0.1, -0.05) is 12.1 Å². The van der Waals surface area contributed by atoms with E-state index in [1.54, 1.807) is 0 Å². The molecule has 2 aromatic carbocycles. The molecule has 0 atom stereocenters. The average Bonchev–Trinajstić information content (AvgIpc) is 2.67. The monoisotopic (exact) mass is 407 g/mol. The number of hydrogen-bond donors (Lipinski definition) is 2. The number of nitrogens with zero attached hydrogens (tertiary/aromatic N) is 3. The lowest BCUT2D eigenvalue weighted by atomic mass is 10.2. The van der Waals surface area contributed by atoms with Crippen LogP contribution < -0.4 is 10.6 Å². The van der Waals surface area contributed by atoms with E-state index in [0.717, 1.165) is 30.6 Å². The van der Waals surface area contributed by atoms with Gasteiger partial charge in [0.25, 0.3) is 0 Å². The van der Waals surface area contributed by atoms with Crippen molar-refractivity contribution in [1.82, 2.24) is 9.97 Å². The fourth-order valence-electron chi connectivity index (χ4n) is 2.44. The molecular weight excluding hydrogens is 394 g/mol. The van der Waals surface area contributed by atoms with Gasteiger partial charge in [-0.2, -0.15) is 13.2 Å². The third-order valence-electron chi connectivity index (χ3n) is 3.85. The van der Waals surface area contributed by atoms with Crippen molar-refractivity contribution in [2.24, 2.45) is 0 Å². The van der Waals surface area contributed by atoms with E-state index in [-0.39, 0.29) is 23.9 Å². The lowest BCUT2D eigenvalue weighted by Gasteiger charge is -2.11. The third kappa shape index (κ3) is 4.94. The molecule has 0 radical (unpaired) electrons. The minimum Gasteiger partial charge on any atom is -0.360 e. The van der Waals surface area contributed by atoms with Crippen molar-refractivity contribution >= 4 is 23.0 Å². The highest BCUT2D eigenvalue weighted by atomic mass is 19.4.